The Morgan fingerprint density at radius 1 is 0.955 bits per heavy atom. The molecule has 1 aromatic rings. The normalized spacial score (nSPS) is 12.1. The Hall–Kier alpha value is -2.69. The predicted octanol–water partition coefficient (Wildman–Crippen LogP) is 3.31. The molecule has 0 saturated heterocycles. The van der Waals surface area contributed by atoms with E-state index in [4.69, 9.17) is 4.42 Å². The maximum atomic E-state index is 11.7. The van der Waals surface area contributed by atoms with Crippen molar-refractivity contribution in [2.45, 2.75) is 26.2 Å². The molecular weight excluding hydrogens is 284 g/mol. The quantitative estimate of drug-likeness (QED) is 0.437. The summed E-state index contributed by atoms with van der Waals surface area (Å²) in [7, 11) is 0. The Balaban J connectivity index is 2.65. The van der Waals surface area contributed by atoms with Crippen LogP contribution in [0.3, 0.4) is 0 Å². The van der Waals surface area contributed by atoms with Crippen LogP contribution >= 0.6 is 0 Å². The zero-order valence-corrected chi connectivity index (χ0v) is 12.5. The lowest BCUT2D eigenvalue weighted by Gasteiger charge is -2.26. The lowest BCUT2D eigenvalue weighted by Crippen LogP contribution is -2.15. The van der Waals surface area contributed by atoms with E-state index in [1.54, 1.807) is 12.1 Å². The second-order valence-electron chi connectivity index (χ2n) is 6.33. The van der Waals surface area contributed by atoms with Gasteiger partial charge < -0.3 is 19.7 Å². The van der Waals surface area contributed by atoms with E-state index in [1.807, 2.05) is 20.8 Å². The van der Waals surface area contributed by atoms with Crippen LogP contribution in [-0.4, -0.2) is 15.3 Å². The highest BCUT2D eigenvalue weighted by atomic mass is 16.4. The maximum Gasteiger partial charge on any atom is 0.224 e. The zero-order chi connectivity index (χ0) is 16.2. The van der Waals surface area contributed by atoms with Crippen molar-refractivity contribution in [3.05, 3.63) is 40.1 Å². The van der Waals surface area contributed by atoms with Crippen LogP contribution in [0.2, 0.25) is 0 Å². The van der Waals surface area contributed by atoms with Crippen LogP contribution in [0.25, 0.3) is 22.3 Å². The van der Waals surface area contributed by atoms with Crippen molar-refractivity contribution < 1.29 is 19.7 Å². The molecule has 0 radical (unpaired) electrons. The minimum Gasteiger partial charge on any atom is -0.504 e. The summed E-state index contributed by atoms with van der Waals surface area (Å²) in [4.78, 5) is 11.7. The summed E-state index contributed by atoms with van der Waals surface area (Å²) in [6.45, 7) is 5.94. The molecule has 0 bridgehead atoms. The Morgan fingerprint density at radius 3 is 2.27 bits per heavy atom. The number of aromatic hydroxyl groups is 3. The van der Waals surface area contributed by atoms with E-state index in [-0.39, 0.29) is 22.5 Å². The fraction of sp³-hybridized carbons (Fsp3) is 0.235. The Bertz CT molecular complexity index is 915. The molecule has 1 aromatic carbocycles. The number of fused-ring (bicyclic) bond motifs is 2. The molecule has 1 aliphatic heterocycles. The van der Waals surface area contributed by atoms with Gasteiger partial charge >= 0.3 is 0 Å². The monoisotopic (exact) mass is 300 g/mol. The SMILES string of the molecule is CC(C)(C)c1c2ccc(=O)c(O)c-2oc2c(O)c(O)ccc12. The summed E-state index contributed by atoms with van der Waals surface area (Å²) >= 11 is 0. The molecule has 0 unspecified atom stereocenters. The van der Waals surface area contributed by atoms with Crippen molar-refractivity contribution in [2.24, 2.45) is 0 Å². The molecule has 3 rings (SSSR count). The first-order valence-electron chi connectivity index (χ1n) is 6.85. The second-order valence-corrected chi connectivity index (χ2v) is 6.33. The lowest BCUT2D eigenvalue weighted by atomic mass is 9.80. The Kier molecular flexibility index (Phi) is 2.85. The fourth-order valence-electron chi connectivity index (χ4n) is 2.77. The van der Waals surface area contributed by atoms with Gasteiger partial charge in [-0.25, -0.2) is 0 Å². The summed E-state index contributed by atoms with van der Waals surface area (Å²) in [6.07, 6.45) is 0. The van der Waals surface area contributed by atoms with E-state index in [0.717, 1.165) is 5.56 Å². The molecule has 0 aromatic heterocycles. The molecule has 1 heterocycles. The van der Waals surface area contributed by atoms with Gasteiger partial charge in [0.25, 0.3) is 0 Å². The molecule has 0 fully saturated rings. The summed E-state index contributed by atoms with van der Waals surface area (Å²) in [6, 6.07) is 5.92. The standard InChI is InChI=1S/C17H16O5/c1-17(2,3)12-8-4-6-10(18)13(20)15(8)22-16-9(12)5-7-11(19)14(16)21/h4-7,18,20-21H,1-3H3. The molecule has 1 aliphatic carbocycles. The predicted molar refractivity (Wildman–Crippen MR) is 82.8 cm³/mol. The molecule has 0 saturated carbocycles. The van der Waals surface area contributed by atoms with Gasteiger partial charge in [0.1, 0.15) is 0 Å². The van der Waals surface area contributed by atoms with Crippen LogP contribution in [0.5, 0.6) is 17.2 Å². The van der Waals surface area contributed by atoms with Crippen molar-refractivity contribution >= 4 is 11.0 Å². The average Bonchev–Trinajstić information content (AvgIpc) is 2.44. The third kappa shape index (κ3) is 1.89. The summed E-state index contributed by atoms with van der Waals surface area (Å²) in [5.74, 6) is -1.24. The smallest absolute Gasteiger partial charge is 0.224 e. The van der Waals surface area contributed by atoms with E-state index in [0.29, 0.717) is 10.9 Å². The van der Waals surface area contributed by atoms with Gasteiger partial charge in [-0.05, 0) is 35.2 Å². The molecule has 5 nitrogen and oxygen atoms in total. The van der Waals surface area contributed by atoms with Crippen LogP contribution in [0.4, 0.5) is 0 Å². The third-order valence-electron chi connectivity index (χ3n) is 3.70. The van der Waals surface area contributed by atoms with Gasteiger partial charge in [0.05, 0.1) is 0 Å². The van der Waals surface area contributed by atoms with Crippen molar-refractivity contribution in [3.8, 4) is 28.6 Å². The number of rotatable bonds is 0. The third-order valence-corrected chi connectivity index (χ3v) is 3.70. The molecule has 22 heavy (non-hydrogen) atoms. The highest BCUT2D eigenvalue weighted by Crippen LogP contribution is 2.46. The lowest BCUT2D eigenvalue weighted by molar-refractivity contribution is 0.397. The van der Waals surface area contributed by atoms with Crippen LogP contribution in [0.1, 0.15) is 26.3 Å². The molecule has 0 spiro atoms. The minimum atomic E-state index is -0.560. The van der Waals surface area contributed by atoms with E-state index < -0.39 is 16.9 Å². The topological polar surface area (TPSA) is 90.9 Å². The number of phenolic OH excluding ortho intramolecular Hbond substituents is 3. The first kappa shape index (κ1) is 14.3. The van der Waals surface area contributed by atoms with Crippen molar-refractivity contribution in [1.29, 1.82) is 0 Å². The van der Waals surface area contributed by atoms with Gasteiger partial charge in [-0.15, -0.1) is 0 Å². The summed E-state index contributed by atoms with van der Waals surface area (Å²) in [5, 5.41) is 30.4. The van der Waals surface area contributed by atoms with Crippen LogP contribution in [0, 0.1) is 0 Å². The van der Waals surface area contributed by atoms with Gasteiger partial charge in [0.15, 0.2) is 17.1 Å². The number of phenols is 3. The number of benzene rings is 2. The Labute approximate surface area is 126 Å². The van der Waals surface area contributed by atoms with E-state index in [1.165, 1.54) is 12.1 Å². The number of hydrogen-bond acceptors (Lipinski definition) is 5. The zero-order valence-electron chi connectivity index (χ0n) is 12.5. The van der Waals surface area contributed by atoms with Crippen LogP contribution < -0.4 is 5.43 Å². The first-order chi connectivity index (χ1) is 10.2. The maximum absolute atomic E-state index is 11.7. The minimum absolute atomic E-state index is 0.00539. The van der Waals surface area contributed by atoms with Crippen molar-refractivity contribution in [2.75, 3.05) is 0 Å². The molecule has 3 N–H and O–H groups in total. The summed E-state index contributed by atoms with van der Waals surface area (Å²) < 4.78 is 5.55. The van der Waals surface area contributed by atoms with Crippen molar-refractivity contribution in [3.63, 3.8) is 0 Å². The molecule has 5 heteroatoms. The van der Waals surface area contributed by atoms with Crippen LogP contribution in [-0.2, 0) is 5.41 Å². The van der Waals surface area contributed by atoms with E-state index in [9.17, 15) is 20.1 Å². The van der Waals surface area contributed by atoms with Gasteiger partial charge in [-0.1, -0.05) is 20.8 Å². The molecule has 0 atom stereocenters. The highest BCUT2D eigenvalue weighted by molar-refractivity contribution is 5.94. The van der Waals surface area contributed by atoms with Gasteiger partial charge in [0.2, 0.25) is 16.9 Å². The molecule has 114 valence electrons. The van der Waals surface area contributed by atoms with E-state index in [2.05, 4.69) is 0 Å². The molecule has 2 aliphatic rings. The van der Waals surface area contributed by atoms with Gasteiger partial charge in [-0.2, -0.15) is 0 Å². The Morgan fingerprint density at radius 2 is 1.64 bits per heavy atom. The summed E-state index contributed by atoms with van der Waals surface area (Å²) in [5.41, 5.74) is 0.554. The molecular formula is C17H16O5. The van der Waals surface area contributed by atoms with Gasteiger partial charge in [-0.3, -0.25) is 4.79 Å². The number of hydrogen-bond donors (Lipinski definition) is 3. The highest BCUT2D eigenvalue weighted by Gasteiger charge is 2.28. The average molecular weight is 300 g/mol. The largest absolute Gasteiger partial charge is 0.504 e. The molecule has 0 amide bonds. The van der Waals surface area contributed by atoms with E-state index >= 15 is 0 Å². The van der Waals surface area contributed by atoms with Crippen molar-refractivity contribution in [1.82, 2.24) is 0 Å². The van der Waals surface area contributed by atoms with Crippen LogP contribution in [0.15, 0.2) is 33.5 Å². The first-order valence-corrected chi connectivity index (χ1v) is 6.85. The van der Waals surface area contributed by atoms with Gasteiger partial charge in [0, 0.05) is 10.9 Å². The fourth-order valence-corrected chi connectivity index (χ4v) is 2.77. The second kappa shape index (κ2) is 4.40.